The molecule has 0 fully saturated rings. The first-order chi connectivity index (χ1) is 5.37. The van der Waals surface area contributed by atoms with Crippen molar-refractivity contribution in [2.45, 2.75) is 46.2 Å². The highest BCUT2D eigenvalue weighted by atomic mass is 28.4. The first-order valence-electron chi connectivity index (χ1n) is 4.65. The van der Waals surface area contributed by atoms with Crippen molar-refractivity contribution in [1.29, 1.82) is 0 Å². The summed E-state index contributed by atoms with van der Waals surface area (Å²) in [7, 11) is -1.95. The molecule has 0 bridgehead atoms. The van der Waals surface area contributed by atoms with Gasteiger partial charge in [-0.25, -0.2) is 0 Å². The van der Waals surface area contributed by atoms with Crippen LogP contribution in [0.3, 0.4) is 0 Å². The van der Waals surface area contributed by atoms with Crippen molar-refractivity contribution in [3.05, 3.63) is 0 Å². The molecule has 0 spiro atoms. The molecule has 0 aromatic carbocycles. The maximum atomic E-state index is 5.75. The van der Waals surface area contributed by atoms with Crippen molar-refractivity contribution in [3.63, 3.8) is 0 Å². The summed E-state index contributed by atoms with van der Waals surface area (Å²) >= 11 is 0. The zero-order valence-corrected chi connectivity index (χ0v) is 10.2. The first-order valence-corrected chi connectivity index (χ1v) is 6.97. The Hall–Kier alpha value is 0.354. The molecule has 0 aliphatic carbocycles. The normalized spacial score (nSPS) is 12.5. The van der Waals surface area contributed by atoms with Gasteiger partial charge in [0.05, 0.1) is 0 Å². The standard InChI is InChI=1S/C9H22O2Si.H4Si/c1-7-10-12(6,11-8-2)9(3,4)5;/h7-8H2,1-6H3;1H4. The fourth-order valence-corrected chi connectivity index (χ4v) is 3.08. The highest BCUT2D eigenvalue weighted by Gasteiger charge is 2.43. The maximum absolute atomic E-state index is 5.75. The molecule has 0 saturated carbocycles. The molecular weight excluding hydrogens is 196 g/mol. The molecule has 0 aliphatic heterocycles. The zero-order chi connectivity index (χ0) is 9.83. The summed E-state index contributed by atoms with van der Waals surface area (Å²) in [6, 6.07) is 0. The largest absolute Gasteiger partial charge is 0.394 e. The van der Waals surface area contributed by atoms with Crippen molar-refractivity contribution < 1.29 is 8.85 Å². The summed E-state index contributed by atoms with van der Waals surface area (Å²) in [6.45, 7) is 14.2. The van der Waals surface area contributed by atoms with Crippen LogP contribution in [0.25, 0.3) is 0 Å². The van der Waals surface area contributed by atoms with E-state index in [1.54, 1.807) is 0 Å². The lowest BCUT2D eigenvalue weighted by atomic mass is 10.3. The van der Waals surface area contributed by atoms with Gasteiger partial charge in [0, 0.05) is 18.3 Å². The van der Waals surface area contributed by atoms with Gasteiger partial charge in [-0.2, -0.15) is 0 Å². The minimum Gasteiger partial charge on any atom is -0.394 e. The molecule has 0 aliphatic rings. The molecule has 0 aromatic heterocycles. The molecule has 0 aromatic rings. The van der Waals surface area contributed by atoms with Crippen molar-refractivity contribution in [3.8, 4) is 0 Å². The van der Waals surface area contributed by atoms with Crippen LogP contribution in [0.15, 0.2) is 0 Å². The summed E-state index contributed by atoms with van der Waals surface area (Å²) in [6.07, 6.45) is 0. The highest BCUT2D eigenvalue weighted by molar-refractivity contribution is 6.69. The molecule has 0 atom stereocenters. The van der Waals surface area contributed by atoms with Crippen molar-refractivity contribution in [1.82, 2.24) is 0 Å². The van der Waals surface area contributed by atoms with E-state index in [0.717, 1.165) is 13.2 Å². The lowest BCUT2D eigenvalue weighted by molar-refractivity contribution is 0.167. The van der Waals surface area contributed by atoms with Crippen LogP contribution in [-0.2, 0) is 8.85 Å². The van der Waals surface area contributed by atoms with Crippen molar-refractivity contribution in [2.75, 3.05) is 13.2 Å². The molecule has 0 radical (unpaired) electrons. The maximum Gasteiger partial charge on any atom is 0.340 e. The van der Waals surface area contributed by atoms with E-state index < -0.39 is 8.56 Å². The summed E-state index contributed by atoms with van der Waals surface area (Å²) in [5.41, 5.74) is 0. The second-order valence-corrected chi connectivity index (χ2v) is 8.03. The Labute approximate surface area is 88.3 Å². The van der Waals surface area contributed by atoms with E-state index in [2.05, 4.69) is 27.3 Å². The molecule has 0 saturated heterocycles. The number of hydrogen-bond acceptors (Lipinski definition) is 2. The smallest absolute Gasteiger partial charge is 0.340 e. The first kappa shape index (κ1) is 15.8. The van der Waals surface area contributed by atoms with Gasteiger partial charge in [0.1, 0.15) is 0 Å². The predicted molar refractivity (Wildman–Crippen MR) is 65.9 cm³/mol. The number of hydrogen-bond donors (Lipinski definition) is 0. The lowest BCUT2D eigenvalue weighted by Gasteiger charge is -2.37. The fraction of sp³-hybridized carbons (Fsp3) is 1.00. The second kappa shape index (κ2) is 5.95. The van der Waals surface area contributed by atoms with Crippen LogP contribution < -0.4 is 0 Å². The molecule has 0 rings (SSSR count). The third-order valence-corrected chi connectivity index (χ3v) is 6.61. The van der Waals surface area contributed by atoms with Gasteiger partial charge in [0.15, 0.2) is 0 Å². The van der Waals surface area contributed by atoms with E-state index in [4.69, 9.17) is 8.85 Å². The van der Waals surface area contributed by atoms with Crippen molar-refractivity contribution >= 4 is 19.5 Å². The summed E-state index contributed by atoms with van der Waals surface area (Å²) in [5.74, 6) is 0. The van der Waals surface area contributed by atoms with Gasteiger partial charge < -0.3 is 8.85 Å². The third-order valence-electron chi connectivity index (χ3n) is 2.20. The Bertz CT molecular complexity index is 126. The van der Waals surface area contributed by atoms with Crippen LogP contribution >= 0.6 is 0 Å². The van der Waals surface area contributed by atoms with Crippen LogP contribution in [0.1, 0.15) is 34.6 Å². The fourth-order valence-electron chi connectivity index (χ4n) is 1.03. The average molecular weight is 222 g/mol. The topological polar surface area (TPSA) is 18.5 Å². The highest BCUT2D eigenvalue weighted by Crippen LogP contribution is 2.37. The Morgan fingerprint density at radius 3 is 1.46 bits per heavy atom. The van der Waals surface area contributed by atoms with E-state index in [-0.39, 0.29) is 16.0 Å². The SMILES string of the molecule is CCO[Si](C)(OCC)C(C)(C)C.[SiH4]. The lowest BCUT2D eigenvalue weighted by Crippen LogP contribution is -2.47. The molecule has 2 nitrogen and oxygen atoms in total. The van der Waals surface area contributed by atoms with Gasteiger partial charge in [0.25, 0.3) is 0 Å². The zero-order valence-electron chi connectivity index (χ0n) is 9.23. The Kier molecular flexibility index (Phi) is 7.24. The van der Waals surface area contributed by atoms with Crippen molar-refractivity contribution in [2.24, 2.45) is 0 Å². The Morgan fingerprint density at radius 2 is 1.31 bits per heavy atom. The summed E-state index contributed by atoms with van der Waals surface area (Å²) < 4.78 is 11.5. The minimum absolute atomic E-state index is 0. The van der Waals surface area contributed by atoms with Gasteiger partial charge in [0.2, 0.25) is 0 Å². The quantitative estimate of drug-likeness (QED) is 0.671. The van der Waals surface area contributed by atoms with Gasteiger partial charge in [-0.3, -0.25) is 0 Å². The van der Waals surface area contributed by atoms with Crippen LogP contribution in [-0.4, -0.2) is 32.7 Å². The molecule has 4 heteroatoms. The van der Waals surface area contributed by atoms with E-state index in [1.165, 1.54) is 0 Å². The van der Waals surface area contributed by atoms with E-state index in [9.17, 15) is 0 Å². The molecule has 82 valence electrons. The summed E-state index contributed by atoms with van der Waals surface area (Å²) in [4.78, 5) is 0. The van der Waals surface area contributed by atoms with Crippen LogP contribution in [0.2, 0.25) is 11.6 Å². The van der Waals surface area contributed by atoms with E-state index in [0.29, 0.717) is 0 Å². The van der Waals surface area contributed by atoms with Gasteiger partial charge in [-0.1, -0.05) is 20.8 Å². The molecule has 0 heterocycles. The van der Waals surface area contributed by atoms with Gasteiger partial charge in [-0.15, -0.1) is 0 Å². The molecule has 0 unspecified atom stereocenters. The second-order valence-electron chi connectivity index (χ2n) is 4.06. The van der Waals surface area contributed by atoms with Gasteiger partial charge in [-0.05, 0) is 31.4 Å². The summed E-state index contributed by atoms with van der Waals surface area (Å²) in [5, 5.41) is 0.152. The van der Waals surface area contributed by atoms with Crippen LogP contribution in [0, 0.1) is 0 Å². The third kappa shape index (κ3) is 4.40. The van der Waals surface area contributed by atoms with Crippen LogP contribution in [0.4, 0.5) is 0 Å². The van der Waals surface area contributed by atoms with Gasteiger partial charge >= 0.3 is 8.56 Å². The predicted octanol–water partition coefficient (Wildman–Crippen LogP) is 1.48. The minimum atomic E-state index is -1.95. The van der Waals surface area contributed by atoms with E-state index in [1.807, 2.05) is 13.8 Å². The molecule has 13 heavy (non-hydrogen) atoms. The Balaban J connectivity index is 0. The molecular formula is C9H26O2Si2. The van der Waals surface area contributed by atoms with Crippen LogP contribution in [0.5, 0.6) is 0 Å². The average Bonchev–Trinajstić information content (AvgIpc) is 1.86. The molecule has 0 amide bonds. The molecule has 0 N–H and O–H groups in total. The monoisotopic (exact) mass is 222 g/mol. The number of rotatable bonds is 4. The van der Waals surface area contributed by atoms with E-state index >= 15 is 0 Å². The Morgan fingerprint density at radius 1 is 1.00 bits per heavy atom.